The molecule has 0 radical (unpaired) electrons. The fraction of sp³-hybridized carbons (Fsp3) is 0.923. The van der Waals surface area contributed by atoms with Crippen molar-refractivity contribution in [1.82, 2.24) is 0 Å². The third kappa shape index (κ3) is 11.7. The van der Waals surface area contributed by atoms with Crippen LogP contribution in [0.4, 0.5) is 0 Å². The molecule has 4 fully saturated rings. The third-order valence-electron chi connectivity index (χ3n) is 11.3. The lowest BCUT2D eigenvalue weighted by molar-refractivity contribution is -0.398. The summed E-state index contributed by atoms with van der Waals surface area (Å²) in [6.07, 6.45) is -29.8. The van der Waals surface area contributed by atoms with Crippen LogP contribution in [0.1, 0.15) is 81.6 Å². The van der Waals surface area contributed by atoms with Crippen LogP contribution in [0, 0.1) is 11.8 Å². The Morgan fingerprint density at radius 3 is 1.58 bits per heavy atom. The van der Waals surface area contributed by atoms with Crippen LogP contribution in [0.3, 0.4) is 0 Å². The molecule has 0 bridgehead atoms. The lowest BCUT2D eigenvalue weighted by Crippen LogP contribution is -2.68. The minimum absolute atomic E-state index is 0.148. The summed E-state index contributed by atoms with van der Waals surface area (Å²) in [5, 5.41) is 75.8. The summed E-state index contributed by atoms with van der Waals surface area (Å²) in [5.74, 6) is -3.73. The quantitative estimate of drug-likeness (QED) is 0.0649. The van der Waals surface area contributed by atoms with Crippen molar-refractivity contribution in [3.63, 3.8) is 0 Å². The lowest BCUT2D eigenvalue weighted by atomic mass is 9.95. The second-order valence-corrected chi connectivity index (χ2v) is 16.0. The molecular formula is C39H66O21. The summed E-state index contributed by atoms with van der Waals surface area (Å²) < 4.78 is 66.1. The number of rotatable bonds is 17. The van der Waals surface area contributed by atoms with Gasteiger partial charge in [0.2, 0.25) is 0 Å². The second kappa shape index (κ2) is 22.4. The minimum Gasteiger partial charge on any atom is -0.457 e. The van der Waals surface area contributed by atoms with E-state index in [0.29, 0.717) is 19.3 Å². The van der Waals surface area contributed by atoms with E-state index in [4.69, 9.17) is 52.1 Å². The summed E-state index contributed by atoms with van der Waals surface area (Å²) in [7, 11) is 0. The molecule has 4 aliphatic heterocycles. The van der Waals surface area contributed by atoms with Crippen LogP contribution in [-0.4, -0.2) is 190 Å². The number of ether oxygens (including phenoxy) is 11. The van der Waals surface area contributed by atoms with E-state index in [1.54, 1.807) is 27.7 Å². The largest absolute Gasteiger partial charge is 0.457 e. The van der Waals surface area contributed by atoms with Gasteiger partial charge in [0.05, 0.1) is 36.8 Å². The zero-order valence-corrected chi connectivity index (χ0v) is 35.6. The predicted molar refractivity (Wildman–Crippen MR) is 200 cm³/mol. The first-order valence-corrected chi connectivity index (χ1v) is 20.8. The summed E-state index contributed by atoms with van der Waals surface area (Å²) in [5.41, 5.74) is 0. The molecule has 348 valence electrons. The Hall–Kier alpha value is -2.19. The van der Waals surface area contributed by atoms with E-state index in [0.717, 1.165) is 6.92 Å². The summed E-state index contributed by atoms with van der Waals surface area (Å²) in [6.45, 7) is 13.3. The molecule has 0 unspecified atom stereocenters. The van der Waals surface area contributed by atoms with Gasteiger partial charge in [0.1, 0.15) is 54.9 Å². The maximum absolute atomic E-state index is 13.7. The van der Waals surface area contributed by atoms with Crippen molar-refractivity contribution in [3.8, 4) is 0 Å². The molecule has 22 atom stereocenters. The van der Waals surface area contributed by atoms with Gasteiger partial charge in [0, 0.05) is 13.5 Å². The minimum atomic E-state index is -1.86. The van der Waals surface area contributed by atoms with Gasteiger partial charge < -0.3 is 87.9 Å². The molecule has 60 heavy (non-hydrogen) atoms. The average molecular weight is 871 g/mol. The zero-order valence-electron chi connectivity index (χ0n) is 35.6. The number of aliphatic hydroxyl groups is 7. The van der Waals surface area contributed by atoms with Crippen molar-refractivity contribution >= 4 is 17.9 Å². The first kappa shape index (κ1) is 50.5. The van der Waals surface area contributed by atoms with Crippen LogP contribution in [0.2, 0.25) is 0 Å². The zero-order chi connectivity index (χ0) is 44.7. The maximum Gasteiger partial charge on any atom is 0.309 e. The molecule has 0 aromatic carbocycles. The lowest BCUT2D eigenvalue weighted by Gasteiger charge is -2.50. The van der Waals surface area contributed by atoms with Crippen molar-refractivity contribution in [1.29, 1.82) is 0 Å². The first-order valence-electron chi connectivity index (χ1n) is 20.8. The van der Waals surface area contributed by atoms with Gasteiger partial charge in [-0.25, -0.2) is 0 Å². The Morgan fingerprint density at radius 2 is 1.03 bits per heavy atom. The second-order valence-electron chi connectivity index (χ2n) is 16.0. The fourth-order valence-electron chi connectivity index (χ4n) is 7.09. The van der Waals surface area contributed by atoms with E-state index in [9.17, 15) is 50.1 Å². The Bertz CT molecular complexity index is 1370. The highest BCUT2D eigenvalue weighted by atomic mass is 16.8. The third-order valence-corrected chi connectivity index (χ3v) is 11.3. The molecule has 0 spiro atoms. The van der Waals surface area contributed by atoms with Crippen molar-refractivity contribution in [2.24, 2.45) is 11.8 Å². The van der Waals surface area contributed by atoms with Crippen LogP contribution < -0.4 is 0 Å². The maximum atomic E-state index is 13.7. The van der Waals surface area contributed by atoms with Crippen molar-refractivity contribution < 1.29 is 102 Å². The van der Waals surface area contributed by atoms with Gasteiger partial charge >= 0.3 is 17.9 Å². The molecule has 0 saturated carbocycles. The monoisotopic (exact) mass is 870 g/mol. The fourth-order valence-corrected chi connectivity index (χ4v) is 7.09. The molecule has 21 heteroatoms. The number of hydrogen-bond donors (Lipinski definition) is 7. The number of carbonyl (C=O) groups excluding carboxylic acids is 3. The van der Waals surface area contributed by atoms with Gasteiger partial charge in [-0.2, -0.15) is 0 Å². The van der Waals surface area contributed by atoms with E-state index in [1.807, 2.05) is 6.92 Å². The van der Waals surface area contributed by atoms with Gasteiger partial charge in [-0.15, -0.1) is 0 Å². The van der Waals surface area contributed by atoms with E-state index in [2.05, 4.69) is 0 Å². The molecule has 0 amide bonds. The molecule has 4 heterocycles. The number of hydrogen-bond acceptors (Lipinski definition) is 21. The molecule has 0 aromatic rings. The van der Waals surface area contributed by atoms with E-state index in [1.165, 1.54) is 20.8 Å². The molecule has 0 aliphatic carbocycles. The van der Waals surface area contributed by atoms with E-state index in [-0.39, 0.29) is 6.61 Å². The molecule has 21 nitrogen and oxygen atoms in total. The van der Waals surface area contributed by atoms with Gasteiger partial charge in [0.15, 0.2) is 49.6 Å². The highest BCUT2D eigenvalue weighted by molar-refractivity contribution is 5.73. The Kier molecular flexibility index (Phi) is 18.9. The number of esters is 3. The SMILES string of the molecule is CCCO[C@@H]1O[C@H](C)[C@H](O)[C@H](O)[C@H]1O[C@@H]1O[C@H](CO)[C@@H](O)[C@H](OC(C)=O)[C@H]1O[C@@H]1O[C@@H](C)[C@H](OC(=O)[C@@H](C)CC)[C@@H](O[C@@H]2O[C@@H](C)[C@H](O)[C@@H](O)[C@H]2O)[C@H]1OC(=O)[C@@H](C)CC. The highest BCUT2D eigenvalue weighted by Gasteiger charge is 2.58. The summed E-state index contributed by atoms with van der Waals surface area (Å²) in [4.78, 5) is 39.6. The topological polar surface area (TPSA) is 294 Å². The molecule has 4 aliphatic rings. The number of aliphatic hydroxyl groups excluding tert-OH is 7. The highest BCUT2D eigenvalue weighted by Crippen LogP contribution is 2.38. The predicted octanol–water partition coefficient (Wildman–Crippen LogP) is -1.47. The van der Waals surface area contributed by atoms with Gasteiger partial charge in [0.25, 0.3) is 0 Å². The summed E-state index contributed by atoms with van der Waals surface area (Å²) >= 11 is 0. The van der Waals surface area contributed by atoms with Gasteiger partial charge in [-0.3, -0.25) is 14.4 Å². The van der Waals surface area contributed by atoms with Gasteiger partial charge in [-0.05, 0) is 40.0 Å². The van der Waals surface area contributed by atoms with Crippen molar-refractivity contribution in [3.05, 3.63) is 0 Å². The Balaban J connectivity index is 1.84. The van der Waals surface area contributed by atoms with Gasteiger partial charge in [-0.1, -0.05) is 34.6 Å². The average Bonchev–Trinajstić information content (AvgIpc) is 3.21. The van der Waals surface area contributed by atoms with Crippen molar-refractivity contribution in [2.45, 2.75) is 204 Å². The van der Waals surface area contributed by atoms with E-state index >= 15 is 0 Å². The van der Waals surface area contributed by atoms with Crippen molar-refractivity contribution in [2.75, 3.05) is 13.2 Å². The van der Waals surface area contributed by atoms with Crippen LogP contribution in [-0.2, 0) is 66.5 Å². The summed E-state index contributed by atoms with van der Waals surface area (Å²) in [6, 6.07) is 0. The standard InChI is InChI=1S/C39H66O21/c1-10-13-50-37-30(26(46)23(43)18(7)52-37)58-39-32(29(54-20(9)41)24(44)21(14-40)55-39)60-38-33(57-35(49)16(5)12-3)31(28(19(8)53-38)56-34(48)15(4)11-2)59-36-27(47)25(45)22(42)17(6)51-36/h15-19,21-33,36-40,42-47H,10-14H2,1-9H3/t15-,16-,17-,18+,19-,21+,22-,23-,24+,25+,26-,27+,28-,29-,30+,31+,32+,33+,36-,37+,38-,39-/m0/s1. The van der Waals surface area contributed by atoms with Crippen LogP contribution in [0.5, 0.6) is 0 Å². The Labute approximate surface area is 349 Å². The molecule has 7 N–H and O–H groups in total. The van der Waals surface area contributed by atoms with Crippen LogP contribution in [0.25, 0.3) is 0 Å². The first-order chi connectivity index (χ1) is 28.3. The van der Waals surface area contributed by atoms with E-state index < -0.39 is 159 Å². The molecule has 0 aromatic heterocycles. The molecular weight excluding hydrogens is 804 g/mol. The normalized spacial score (nSPS) is 43.4. The molecule has 4 rings (SSSR count). The van der Waals surface area contributed by atoms with Crippen LogP contribution in [0.15, 0.2) is 0 Å². The Morgan fingerprint density at radius 1 is 0.533 bits per heavy atom. The smallest absolute Gasteiger partial charge is 0.309 e. The molecule has 4 saturated heterocycles. The van der Waals surface area contributed by atoms with Crippen LogP contribution >= 0.6 is 0 Å². The number of carbonyl (C=O) groups is 3.